The van der Waals surface area contributed by atoms with Gasteiger partial charge in [0.2, 0.25) is 0 Å². The fourth-order valence-electron chi connectivity index (χ4n) is 3.33. The predicted molar refractivity (Wildman–Crippen MR) is 113 cm³/mol. The molecule has 0 atom stereocenters. The molecule has 1 aliphatic rings. The Morgan fingerprint density at radius 3 is 2.79 bits per heavy atom. The van der Waals surface area contributed by atoms with Gasteiger partial charge in [-0.15, -0.1) is 0 Å². The molecule has 6 heteroatoms. The zero-order valence-corrected chi connectivity index (χ0v) is 17.1. The molecule has 0 aliphatic carbocycles. The number of amides is 1. The van der Waals surface area contributed by atoms with Gasteiger partial charge in [-0.25, -0.2) is 4.98 Å². The Bertz CT molecular complexity index is 1030. The summed E-state index contributed by atoms with van der Waals surface area (Å²) in [5, 5.41) is 0. The van der Waals surface area contributed by atoms with Crippen LogP contribution in [0.2, 0.25) is 0 Å². The molecule has 0 bridgehead atoms. The predicted octanol–water partition coefficient (Wildman–Crippen LogP) is 4.44. The Hall–Kier alpha value is -2.86. The zero-order chi connectivity index (χ0) is 19.7. The van der Waals surface area contributed by atoms with Crippen LogP contribution < -0.4 is 10.5 Å². The maximum atomic E-state index is 13.2. The fraction of sp³-hybridized carbons (Fsp3) is 0.182. The van der Waals surface area contributed by atoms with Crippen LogP contribution in [0.3, 0.4) is 0 Å². The van der Waals surface area contributed by atoms with Crippen LogP contribution in [-0.2, 0) is 6.54 Å². The zero-order valence-electron chi connectivity index (χ0n) is 15.5. The lowest BCUT2D eigenvalue weighted by atomic mass is 10.0. The summed E-state index contributed by atoms with van der Waals surface area (Å²) in [6, 6.07) is 15.4. The SMILES string of the molecule is Cc1c(Br)cccc1C(=O)N1CCOc2ccc(-c3ccc(N)nc3)cc2C1. The van der Waals surface area contributed by atoms with Crippen LogP contribution in [0.15, 0.2) is 59.2 Å². The molecule has 28 heavy (non-hydrogen) atoms. The molecule has 3 aromatic rings. The monoisotopic (exact) mass is 437 g/mol. The molecule has 2 heterocycles. The molecular weight excluding hydrogens is 418 g/mol. The van der Waals surface area contributed by atoms with Gasteiger partial charge in [0.05, 0.1) is 6.54 Å². The second kappa shape index (κ2) is 7.64. The molecule has 142 valence electrons. The largest absolute Gasteiger partial charge is 0.491 e. The summed E-state index contributed by atoms with van der Waals surface area (Å²) < 4.78 is 6.82. The highest BCUT2D eigenvalue weighted by Crippen LogP contribution is 2.30. The van der Waals surface area contributed by atoms with Crippen LogP contribution in [-0.4, -0.2) is 28.9 Å². The number of nitrogens with zero attached hydrogens (tertiary/aromatic N) is 2. The van der Waals surface area contributed by atoms with Gasteiger partial charge in [0.1, 0.15) is 18.2 Å². The number of ether oxygens (including phenoxy) is 1. The topological polar surface area (TPSA) is 68.5 Å². The number of halogens is 1. The fourth-order valence-corrected chi connectivity index (χ4v) is 3.70. The number of pyridine rings is 1. The Kier molecular flexibility index (Phi) is 5.05. The Labute approximate surface area is 172 Å². The van der Waals surface area contributed by atoms with E-state index in [4.69, 9.17) is 10.5 Å². The lowest BCUT2D eigenvalue weighted by Crippen LogP contribution is -2.33. The van der Waals surface area contributed by atoms with E-state index >= 15 is 0 Å². The smallest absolute Gasteiger partial charge is 0.254 e. The number of nitrogens with two attached hydrogens (primary N) is 1. The molecule has 0 unspecified atom stereocenters. The number of carbonyl (C=O) groups excluding carboxylic acids is 1. The van der Waals surface area contributed by atoms with E-state index in [-0.39, 0.29) is 5.91 Å². The van der Waals surface area contributed by atoms with Gasteiger partial charge in [-0.05, 0) is 54.4 Å². The van der Waals surface area contributed by atoms with Crippen molar-refractivity contribution in [2.75, 3.05) is 18.9 Å². The van der Waals surface area contributed by atoms with Gasteiger partial charge in [0.15, 0.2) is 0 Å². The Morgan fingerprint density at radius 1 is 1.18 bits per heavy atom. The average molecular weight is 438 g/mol. The first kappa shape index (κ1) is 18.5. The van der Waals surface area contributed by atoms with Crippen molar-refractivity contribution >= 4 is 27.7 Å². The standard InChI is InChI=1S/C22H20BrN3O2/c1-14-18(3-2-4-19(14)23)22(27)26-9-10-28-20-7-5-15(11-17(20)13-26)16-6-8-21(24)25-12-16/h2-8,11-12H,9-10,13H2,1H3,(H2,24,25). The molecular formula is C22H20BrN3O2. The molecule has 5 nitrogen and oxygen atoms in total. The second-order valence-electron chi connectivity index (χ2n) is 6.78. The quantitative estimate of drug-likeness (QED) is 0.643. The number of anilines is 1. The van der Waals surface area contributed by atoms with E-state index in [1.807, 2.05) is 48.2 Å². The summed E-state index contributed by atoms with van der Waals surface area (Å²) in [5.41, 5.74) is 10.3. The second-order valence-corrected chi connectivity index (χ2v) is 7.64. The van der Waals surface area contributed by atoms with E-state index in [2.05, 4.69) is 27.0 Å². The maximum absolute atomic E-state index is 13.2. The number of fused-ring (bicyclic) bond motifs is 1. The molecule has 4 rings (SSSR count). The third-order valence-electron chi connectivity index (χ3n) is 4.95. The highest BCUT2D eigenvalue weighted by molar-refractivity contribution is 9.10. The number of carbonyl (C=O) groups is 1. The van der Waals surface area contributed by atoms with E-state index < -0.39 is 0 Å². The molecule has 0 saturated carbocycles. The number of aromatic nitrogens is 1. The van der Waals surface area contributed by atoms with Gasteiger partial charge in [0, 0.05) is 33.9 Å². The van der Waals surface area contributed by atoms with Crippen LogP contribution in [0.4, 0.5) is 5.82 Å². The van der Waals surface area contributed by atoms with Gasteiger partial charge >= 0.3 is 0 Å². The first-order valence-electron chi connectivity index (χ1n) is 9.05. The van der Waals surface area contributed by atoms with Crippen LogP contribution in [0.25, 0.3) is 11.1 Å². The molecule has 2 N–H and O–H groups in total. The highest BCUT2D eigenvalue weighted by Gasteiger charge is 2.23. The number of nitrogen functional groups attached to an aromatic ring is 1. The molecule has 0 saturated heterocycles. The van der Waals surface area contributed by atoms with E-state index in [1.54, 1.807) is 12.3 Å². The van der Waals surface area contributed by atoms with Crippen LogP contribution in [0.1, 0.15) is 21.5 Å². The normalized spacial score (nSPS) is 13.4. The minimum absolute atomic E-state index is 0.00908. The first-order valence-corrected chi connectivity index (χ1v) is 9.84. The minimum Gasteiger partial charge on any atom is -0.491 e. The van der Waals surface area contributed by atoms with Crippen molar-refractivity contribution in [2.45, 2.75) is 13.5 Å². The Morgan fingerprint density at radius 2 is 2.00 bits per heavy atom. The molecule has 0 spiro atoms. The van der Waals surface area contributed by atoms with Crippen LogP contribution >= 0.6 is 15.9 Å². The summed E-state index contributed by atoms with van der Waals surface area (Å²) >= 11 is 3.51. The van der Waals surface area contributed by atoms with E-state index in [0.29, 0.717) is 31.1 Å². The number of rotatable bonds is 2. The van der Waals surface area contributed by atoms with Crippen molar-refractivity contribution in [1.82, 2.24) is 9.88 Å². The Balaban J connectivity index is 1.65. The van der Waals surface area contributed by atoms with E-state index in [1.165, 1.54) is 0 Å². The van der Waals surface area contributed by atoms with Crippen molar-refractivity contribution in [3.63, 3.8) is 0 Å². The van der Waals surface area contributed by atoms with E-state index in [9.17, 15) is 4.79 Å². The van der Waals surface area contributed by atoms with Crippen molar-refractivity contribution in [3.8, 4) is 16.9 Å². The van der Waals surface area contributed by atoms with Crippen molar-refractivity contribution in [3.05, 3.63) is 75.9 Å². The van der Waals surface area contributed by atoms with Crippen molar-refractivity contribution in [1.29, 1.82) is 0 Å². The maximum Gasteiger partial charge on any atom is 0.254 e. The molecule has 1 aliphatic heterocycles. The number of hydrogen-bond donors (Lipinski definition) is 1. The molecule has 2 aromatic carbocycles. The molecule has 0 fully saturated rings. The minimum atomic E-state index is 0.00908. The lowest BCUT2D eigenvalue weighted by Gasteiger charge is -2.21. The third kappa shape index (κ3) is 3.60. The summed E-state index contributed by atoms with van der Waals surface area (Å²) in [6.07, 6.45) is 1.75. The molecule has 1 amide bonds. The van der Waals surface area contributed by atoms with Gasteiger partial charge in [0.25, 0.3) is 5.91 Å². The average Bonchev–Trinajstić information content (AvgIpc) is 2.92. The van der Waals surface area contributed by atoms with Crippen LogP contribution in [0.5, 0.6) is 5.75 Å². The lowest BCUT2D eigenvalue weighted by molar-refractivity contribution is 0.0732. The highest BCUT2D eigenvalue weighted by atomic mass is 79.9. The summed E-state index contributed by atoms with van der Waals surface area (Å²) in [4.78, 5) is 19.2. The van der Waals surface area contributed by atoms with E-state index in [0.717, 1.165) is 32.5 Å². The van der Waals surface area contributed by atoms with Crippen molar-refractivity contribution in [2.24, 2.45) is 0 Å². The number of benzene rings is 2. The number of hydrogen-bond acceptors (Lipinski definition) is 4. The molecule has 0 radical (unpaired) electrons. The third-order valence-corrected chi connectivity index (χ3v) is 5.80. The molecule has 1 aromatic heterocycles. The summed E-state index contributed by atoms with van der Waals surface area (Å²) in [6.45, 7) is 3.45. The van der Waals surface area contributed by atoms with Crippen LogP contribution in [0, 0.1) is 6.92 Å². The summed E-state index contributed by atoms with van der Waals surface area (Å²) in [7, 11) is 0. The first-order chi connectivity index (χ1) is 13.5. The van der Waals surface area contributed by atoms with Gasteiger partial charge < -0.3 is 15.4 Å². The van der Waals surface area contributed by atoms with Gasteiger partial charge in [-0.3, -0.25) is 4.79 Å². The summed E-state index contributed by atoms with van der Waals surface area (Å²) in [5.74, 6) is 1.31. The van der Waals surface area contributed by atoms with Crippen molar-refractivity contribution < 1.29 is 9.53 Å². The van der Waals surface area contributed by atoms with Gasteiger partial charge in [-0.2, -0.15) is 0 Å². The van der Waals surface area contributed by atoms with Gasteiger partial charge in [-0.1, -0.05) is 28.1 Å².